The van der Waals surface area contributed by atoms with Crippen molar-refractivity contribution in [2.45, 2.75) is 32.2 Å². The van der Waals surface area contributed by atoms with Gasteiger partial charge in [0.1, 0.15) is 11.3 Å². The predicted octanol–water partition coefficient (Wildman–Crippen LogP) is 2.38. The van der Waals surface area contributed by atoms with E-state index in [0.717, 1.165) is 18.4 Å². The number of benzene rings is 1. The molecule has 1 fully saturated rings. The fraction of sp³-hybridized carbons (Fsp3) is 0.471. The molecule has 0 unspecified atom stereocenters. The highest BCUT2D eigenvalue weighted by Crippen LogP contribution is 2.39. The molecule has 7 heteroatoms. The number of hydrogen-bond donors (Lipinski definition) is 1. The van der Waals surface area contributed by atoms with Gasteiger partial charge in [-0.15, -0.1) is 0 Å². The van der Waals surface area contributed by atoms with Gasteiger partial charge in [0.25, 0.3) is 5.91 Å². The highest BCUT2D eigenvalue weighted by molar-refractivity contribution is 6.31. The summed E-state index contributed by atoms with van der Waals surface area (Å²) in [4.78, 5) is 23.5. The Morgan fingerprint density at radius 1 is 1.42 bits per heavy atom. The van der Waals surface area contributed by atoms with E-state index >= 15 is 0 Å². The molecule has 1 aliphatic rings. The summed E-state index contributed by atoms with van der Waals surface area (Å²) in [6.07, 6.45) is 1.83. The average molecular weight is 351 g/mol. The van der Waals surface area contributed by atoms with Crippen molar-refractivity contribution in [3.05, 3.63) is 28.8 Å². The van der Waals surface area contributed by atoms with Gasteiger partial charge < -0.3 is 14.8 Å². The number of amides is 1. The van der Waals surface area contributed by atoms with Crippen LogP contribution in [0.15, 0.2) is 18.2 Å². The molecule has 0 aromatic heterocycles. The number of nitrogens with zero attached hydrogens (tertiary/aromatic N) is 1. The number of carbonyl (C=O) groups is 2. The zero-order chi connectivity index (χ0) is 17.7. The van der Waals surface area contributed by atoms with Gasteiger partial charge in [0, 0.05) is 5.02 Å². The Hall–Kier alpha value is -2.26. The number of halogens is 1. The van der Waals surface area contributed by atoms with Crippen LogP contribution in [0.25, 0.3) is 0 Å². The summed E-state index contributed by atoms with van der Waals surface area (Å²) in [5.74, 6) is -0.507. The zero-order valence-electron chi connectivity index (χ0n) is 13.6. The maximum absolute atomic E-state index is 11.8. The number of aryl methyl sites for hydroxylation is 1. The van der Waals surface area contributed by atoms with Gasteiger partial charge in [-0.3, -0.25) is 4.79 Å². The van der Waals surface area contributed by atoms with E-state index in [4.69, 9.17) is 21.1 Å². The molecule has 1 aliphatic carbocycles. The molecule has 1 atom stereocenters. The SMILES string of the molecule is Cc1cc(OCC(=O)OCC(=O)N[C@@](C)(C#N)C2CC2)ccc1Cl. The van der Waals surface area contributed by atoms with Gasteiger partial charge in [-0.2, -0.15) is 5.26 Å². The second kappa shape index (κ2) is 7.54. The number of hydrogen-bond acceptors (Lipinski definition) is 5. The quantitative estimate of drug-likeness (QED) is 0.763. The molecule has 1 amide bonds. The molecule has 6 nitrogen and oxygen atoms in total. The number of nitrogens with one attached hydrogen (secondary N) is 1. The first kappa shape index (κ1) is 18.1. The van der Waals surface area contributed by atoms with Gasteiger partial charge in [0.15, 0.2) is 13.2 Å². The van der Waals surface area contributed by atoms with Crippen LogP contribution < -0.4 is 10.1 Å². The number of rotatable bonds is 7. The molecule has 0 spiro atoms. The number of ether oxygens (including phenoxy) is 2. The predicted molar refractivity (Wildman–Crippen MR) is 87.5 cm³/mol. The molecule has 1 aromatic rings. The van der Waals surface area contributed by atoms with Gasteiger partial charge in [-0.25, -0.2) is 4.79 Å². The summed E-state index contributed by atoms with van der Waals surface area (Å²) < 4.78 is 10.1. The Labute approximate surface area is 145 Å². The summed E-state index contributed by atoms with van der Waals surface area (Å²) in [6, 6.07) is 7.13. The van der Waals surface area contributed by atoms with Gasteiger partial charge in [0.2, 0.25) is 0 Å². The molecule has 128 valence electrons. The highest BCUT2D eigenvalue weighted by Gasteiger charge is 2.43. The Morgan fingerprint density at radius 2 is 2.12 bits per heavy atom. The van der Waals surface area contributed by atoms with Crippen LogP contribution in [0.1, 0.15) is 25.3 Å². The maximum Gasteiger partial charge on any atom is 0.344 e. The maximum atomic E-state index is 11.8. The van der Waals surface area contributed by atoms with Crippen molar-refractivity contribution in [3.8, 4) is 11.8 Å². The third-order valence-corrected chi connectivity index (χ3v) is 4.30. The lowest BCUT2D eigenvalue weighted by Gasteiger charge is -2.22. The summed E-state index contributed by atoms with van der Waals surface area (Å²) in [6.45, 7) is 2.75. The van der Waals surface area contributed by atoms with Crippen LogP contribution in [0.4, 0.5) is 0 Å². The van der Waals surface area contributed by atoms with Crippen LogP contribution in [0.5, 0.6) is 5.75 Å². The number of nitriles is 1. The minimum absolute atomic E-state index is 0.165. The Balaban J connectivity index is 1.73. The lowest BCUT2D eigenvalue weighted by atomic mass is 9.98. The molecule has 0 heterocycles. The molecular weight excluding hydrogens is 332 g/mol. The molecule has 1 N–H and O–H groups in total. The number of esters is 1. The molecule has 0 bridgehead atoms. The van der Waals surface area contributed by atoms with E-state index < -0.39 is 24.0 Å². The van der Waals surface area contributed by atoms with Crippen molar-refractivity contribution < 1.29 is 19.1 Å². The smallest absolute Gasteiger partial charge is 0.344 e. The lowest BCUT2D eigenvalue weighted by molar-refractivity contribution is -0.150. The van der Waals surface area contributed by atoms with Crippen LogP contribution in [0.2, 0.25) is 5.02 Å². The highest BCUT2D eigenvalue weighted by atomic mass is 35.5. The number of carbonyl (C=O) groups excluding carboxylic acids is 2. The monoisotopic (exact) mass is 350 g/mol. The van der Waals surface area contributed by atoms with Crippen LogP contribution in [-0.2, 0) is 14.3 Å². The second-order valence-electron chi connectivity index (χ2n) is 6.00. The van der Waals surface area contributed by atoms with Crippen molar-refractivity contribution in [1.29, 1.82) is 5.26 Å². The summed E-state index contributed by atoms with van der Waals surface area (Å²) >= 11 is 5.90. The normalized spacial score (nSPS) is 15.8. The van der Waals surface area contributed by atoms with Crippen LogP contribution in [0.3, 0.4) is 0 Å². The zero-order valence-corrected chi connectivity index (χ0v) is 14.4. The van der Waals surface area contributed by atoms with E-state index in [-0.39, 0.29) is 12.5 Å². The fourth-order valence-electron chi connectivity index (χ4n) is 2.24. The Bertz CT molecular complexity index is 682. The molecule has 2 rings (SSSR count). The van der Waals surface area contributed by atoms with E-state index in [1.165, 1.54) is 0 Å². The van der Waals surface area contributed by atoms with E-state index in [0.29, 0.717) is 10.8 Å². The van der Waals surface area contributed by atoms with Gasteiger partial charge in [-0.1, -0.05) is 11.6 Å². The Kier molecular flexibility index (Phi) is 5.68. The largest absolute Gasteiger partial charge is 0.482 e. The van der Waals surface area contributed by atoms with Crippen molar-refractivity contribution in [1.82, 2.24) is 5.32 Å². The molecule has 1 aromatic carbocycles. The van der Waals surface area contributed by atoms with E-state index in [2.05, 4.69) is 11.4 Å². The van der Waals surface area contributed by atoms with Crippen molar-refractivity contribution >= 4 is 23.5 Å². The van der Waals surface area contributed by atoms with Gasteiger partial charge in [-0.05, 0) is 56.4 Å². The van der Waals surface area contributed by atoms with Crippen LogP contribution in [-0.4, -0.2) is 30.6 Å². The van der Waals surface area contributed by atoms with Crippen LogP contribution >= 0.6 is 11.6 Å². The van der Waals surface area contributed by atoms with Gasteiger partial charge in [0.05, 0.1) is 6.07 Å². The summed E-state index contributed by atoms with van der Waals surface area (Å²) in [5.41, 5.74) is -0.0707. The fourth-order valence-corrected chi connectivity index (χ4v) is 2.36. The van der Waals surface area contributed by atoms with Crippen molar-refractivity contribution in [2.24, 2.45) is 5.92 Å². The molecule has 0 saturated heterocycles. The molecule has 24 heavy (non-hydrogen) atoms. The second-order valence-corrected chi connectivity index (χ2v) is 6.40. The van der Waals surface area contributed by atoms with Gasteiger partial charge >= 0.3 is 5.97 Å². The minimum atomic E-state index is -0.902. The first-order chi connectivity index (χ1) is 11.3. The lowest BCUT2D eigenvalue weighted by Crippen LogP contribution is -2.48. The van der Waals surface area contributed by atoms with E-state index in [1.54, 1.807) is 25.1 Å². The Morgan fingerprint density at radius 3 is 2.71 bits per heavy atom. The van der Waals surface area contributed by atoms with Crippen LogP contribution in [0, 0.1) is 24.2 Å². The molecule has 0 radical (unpaired) electrons. The summed E-state index contributed by atoms with van der Waals surface area (Å²) in [5, 5.41) is 12.4. The standard InChI is InChI=1S/C17H19ClN2O4/c1-11-7-13(5-6-14(11)18)23-9-16(22)24-8-15(21)20-17(2,10-19)12-3-4-12/h5-7,12H,3-4,8-9H2,1-2H3,(H,20,21)/t17-/m0/s1. The van der Waals surface area contributed by atoms with E-state index in [9.17, 15) is 14.9 Å². The summed E-state index contributed by atoms with van der Waals surface area (Å²) in [7, 11) is 0. The van der Waals surface area contributed by atoms with Crippen molar-refractivity contribution in [3.63, 3.8) is 0 Å². The third-order valence-electron chi connectivity index (χ3n) is 3.88. The van der Waals surface area contributed by atoms with E-state index in [1.807, 2.05) is 6.92 Å². The minimum Gasteiger partial charge on any atom is -0.482 e. The third kappa shape index (κ3) is 4.87. The average Bonchev–Trinajstić information content (AvgIpc) is 3.39. The first-order valence-electron chi connectivity index (χ1n) is 7.61. The molecule has 1 saturated carbocycles. The molecular formula is C17H19ClN2O4. The molecule has 0 aliphatic heterocycles. The van der Waals surface area contributed by atoms with Crippen molar-refractivity contribution in [2.75, 3.05) is 13.2 Å². The first-order valence-corrected chi connectivity index (χ1v) is 7.98. The topological polar surface area (TPSA) is 88.4 Å².